The van der Waals surface area contributed by atoms with Gasteiger partial charge in [0.1, 0.15) is 0 Å². The van der Waals surface area contributed by atoms with Gasteiger partial charge in [0, 0.05) is 23.7 Å². The van der Waals surface area contributed by atoms with Crippen LogP contribution in [-0.2, 0) is 4.79 Å². The molecule has 0 fully saturated rings. The Morgan fingerprint density at radius 2 is 1.87 bits per heavy atom. The summed E-state index contributed by atoms with van der Waals surface area (Å²) in [5, 5.41) is 6.88. The number of hydrogen-bond donors (Lipinski definition) is 2. The van der Waals surface area contributed by atoms with Gasteiger partial charge in [-0.3, -0.25) is 4.79 Å². The van der Waals surface area contributed by atoms with Crippen LogP contribution >= 0.6 is 24.0 Å². The Morgan fingerprint density at radius 3 is 2.39 bits per heavy atom. The molecule has 0 saturated carbocycles. The molecule has 0 bridgehead atoms. The van der Waals surface area contributed by atoms with Crippen molar-refractivity contribution in [1.29, 1.82) is 0 Å². The quantitative estimate of drug-likeness (QED) is 0.632. The van der Waals surface area contributed by atoms with Gasteiger partial charge in [-0.25, -0.2) is 0 Å². The standard InChI is InChI=1S/C17H23N3OS2/c1-5-20(6-2)16(21)14-11(3)18-17(22)19-15(14)12-7-9-13(23-4)10-8-12/h7-10,15H,5-6H2,1-4H3,(H2,18,19,22)/t15-/m0/s1. The van der Waals surface area contributed by atoms with Crippen LogP contribution in [-0.4, -0.2) is 35.3 Å². The first-order valence-corrected chi connectivity index (χ1v) is 9.36. The molecule has 1 aromatic rings. The first-order chi connectivity index (χ1) is 11.0. The summed E-state index contributed by atoms with van der Waals surface area (Å²) in [6.45, 7) is 7.28. The third kappa shape index (κ3) is 3.87. The van der Waals surface area contributed by atoms with Gasteiger partial charge < -0.3 is 15.5 Å². The second-order valence-electron chi connectivity index (χ2n) is 5.32. The number of hydrogen-bond acceptors (Lipinski definition) is 3. The Hall–Kier alpha value is -1.53. The van der Waals surface area contributed by atoms with Gasteiger partial charge in [-0.15, -0.1) is 11.8 Å². The van der Waals surface area contributed by atoms with Crippen molar-refractivity contribution < 1.29 is 4.79 Å². The molecule has 1 heterocycles. The SMILES string of the molecule is CCN(CC)C(=O)C1=C(C)NC(=S)N[C@H]1c1ccc(SC)cc1. The third-order valence-corrected chi connectivity index (χ3v) is 4.96. The second kappa shape index (κ2) is 7.84. The number of amides is 1. The first kappa shape index (κ1) is 17.8. The summed E-state index contributed by atoms with van der Waals surface area (Å²) in [5.41, 5.74) is 2.60. The lowest BCUT2D eigenvalue weighted by Gasteiger charge is -2.33. The predicted molar refractivity (Wildman–Crippen MR) is 100 cm³/mol. The molecule has 1 aliphatic heterocycles. The van der Waals surface area contributed by atoms with Crippen LogP contribution in [0.1, 0.15) is 32.4 Å². The van der Waals surface area contributed by atoms with Crippen LogP contribution in [0.2, 0.25) is 0 Å². The molecule has 1 atom stereocenters. The molecule has 124 valence electrons. The van der Waals surface area contributed by atoms with Crippen molar-refractivity contribution in [3.05, 3.63) is 41.1 Å². The Kier molecular flexibility index (Phi) is 6.07. The molecule has 0 unspecified atom stereocenters. The molecular weight excluding hydrogens is 326 g/mol. The molecule has 0 aromatic heterocycles. The molecule has 1 aromatic carbocycles. The fourth-order valence-electron chi connectivity index (χ4n) is 2.70. The maximum Gasteiger partial charge on any atom is 0.253 e. The second-order valence-corrected chi connectivity index (χ2v) is 6.61. The number of nitrogens with one attached hydrogen (secondary N) is 2. The van der Waals surface area contributed by atoms with E-state index in [9.17, 15) is 4.79 Å². The number of likely N-dealkylation sites (N-methyl/N-ethyl adjacent to an activating group) is 1. The highest BCUT2D eigenvalue weighted by atomic mass is 32.2. The van der Waals surface area contributed by atoms with Crippen molar-refractivity contribution in [3.63, 3.8) is 0 Å². The molecule has 0 aliphatic carbocycles. The van der Waals surface area contributed by atoms with Gasteiger partial charge in [-0.1, -0.05) is 12.1 Å². The monoisotopic (exact) mass is 349 g/mol. The lowest BCUT2D eigenvalue weighted by atomic mass is 9.94. The van der Waals surface area contributed by atoms with E-state index in [-0.39, 0.29) is 11.9 Å². The van der Waals surface area contributed by atoms with E-state index >= 15 is 0 Å². The molecular formula is C17H23N3OS2. The molecule has 2 N–H and O–H groups in total. The highest BCUT2D eigenvalue weighted by molar-refractivity contribution is 7.98. The third-order valence-electron chi connectivity index (χ3n) is 4.00. The number of thiocarbonyl (C=S) groups is 1. The van der Waals surface area contributed by atoms with E-state index < -0.39 is 0 Å². The summed E-state index contributed by atoms with van der Waals surface area (Å²) in [6, 6.07) is 8.04. The van der Waals surface area contributed by atoms with Crippen molar-refractivity contribution in [3.8, 4) is 0 Å². The predicted octanol–water partition coefficient (Wildman–Crippen LogP) is 3.07. The van der Waals surface area contributed by atoms with Gasteiger partial charge >= 0.3 is 0 Å². The van der Waals surface area contributed by atoms with Crippen molar-refractivity contribution >= 4 is 35.0 Å². The van der Waals surface area contributed by atoms with Crippen molar-refractivity contribution in [2.24, 2.45) is 0 Å². The minimum Gasteiger partial charge on any atom is -0.351 e. The largest absolute Gasteiger partial charge is 0.351 e. The zero-order chi connectivity index (χ0) is 17.0. The van der Waals surface area contributed by atoms with Crippen LogP contribution in [0, 0.1) is 0 Å². The molecule has 4 nitrogen and oxygen atoms in total. The van der Waals surface area contributed by atoms with E-state index in [0.717, 1.165) is 16.8 Å². The first-order valence-electron chi connectivity index (χ1n) is 7.73. The summed E-state index contributed by atoms with van der Waals surface area (Å²) in [5.74, 6) is 0.0499. The van der Waals surface area contributed by atoms with E-state index in [2.05, 4.69) is 34.9 Å². The smallest absolute Gasteiger partial charge is 0.253 e. The Labute approximate surface area is 147 Å². The van der Waals surface area contributed by atoms with Crippen LogP contribution in [0.4, 0.5) is 0 Å². The van der Waals surface area contributed by atoms with Crippen LogP contribution < -0.4 is 10.6 Å². The van der Waals surface area contributed by atoms with E-state index in [4.69, 9.17) is 12.2 Å². The van der Waals surface area contributed by atoms with Gasteiger partial charge in [0.15, 0.2) is 5.11 Å². The molecule has 23 heavy (non-hydrogen) atoms. The number of carbonyl (C=O) groups excluding carboxylic acids is 1. The molecule has 1 aliphatic rings. The summed E-state index contributed by atoms with van der Waals surface area (Å²) in [6.07, 6.45) is 2.05. The van der Waals surface area contributed by atoms with Crippen LogP contribution in [0.25, 0.3) is 0 Å². The lowest BCUT2D eigenvalue weighted by molar-refractivity contribution is -0.127. The minimum absolute atomic E-state index is 0.0499. The average molecular weight is 350 g/mol. The summed E-state index contributed by atoms with van der Waals surface area (Å²) in [4.78, 5) is 16.0. The van der Waals surface area contributed by atoms with Gasteiger partial charge in [0.25, 0.3) is 5.91 Å². The number of benzene rings is 1. The molecule has 1 amide bonds. The molecule has 0 spiro atoms. The molecule has 0 radical (unpaired) electrons. The highest BCUT2D eigenvalue weighted by Crippen LogP contribution is 2.29. The highest BCUT2D eigenvalue weighted by Gasteiger charge is 2.31. The van der Waals surface area contributed by atoms with Crippen LogP contribution in [0.15, 0.2) is 40.4 Å². The van der Waals surface area contributed by atoms with Gasteiger partial charge in [-0.05, 0) is 56.9 Å². The van der Waals surface area contributed by atoms with E-state index in [1.54, 1.807) is 11.8 Å². The van der Waals surface area contributed by atoms with Crippen molar-refractivity contribution in [2.75, 3.05) is 19.3 Å². The lowest BCUT2D eigenvalue weighted by Crippen LogP contribution is -2.47. The average Bonchev–Trinajstić information content (AvgIpc) is 2.55. The number of allylic oxidation sites excluding steroid dienone is 1. The van der Waals surface area contributed by atoms with Gasteiger partial charge in [-0.2, -0.15) is 0 Å². The van der Waals surface area contributed by atoms with Crippen LogP contribution in [0.5, 0.6) is 0 Å². The molecule has 6 heteroatoms. The number of thioether (sulfide) groups is 1. The zero-order valence-corrected chi connectivity index (χ0v) is 15.6. The maximum atomic E-state index is 12.9. The van der Waals surface area contributed by atoms with E-state index in [1.807, 2.05) is 31.9 Å². The number of nitrogens with zero attached hydrogens (tertiary/aromatic N) is 1. The zero-order valence-electron chi connectivity index (χ0n) is 14.0. The Morgan fingerprint density at radius 1 is 1.26 bits per heavy atom. The summed E-state index contributed by atoms with van der Waals surface area (Å²) < 4.78 is 0. The Bertz CT molecular complexity index is 621. The topological polar surface area (TPSA) is 44.4 Å². The molecule has 0 saturated heterocycles. The fourth-order valence-corrected chi connectivity index (χ4v) is 3.38. The fraction of sp³-hybridized carbons (Fsp3) is 0.412. The molecule has 2 rings (SSSR count). The van der Waals surface area contributed by atoms with Crippen molar-refractivity contribution in [2.45, 2.75) is 31.7 Å². The Balaban J connectivity index is 2.43. The van der Waals surface area contributed by atoms with Gasteiger partial charge in [0.2, 0.25) is 0 Å². The van der Waals surface area contributed by atoms with E-state index in [1.165, 1.54) is 4.90 Å². The van der Waals surface area contributed by atoms with Gasteiger partial charge in [0.05, 0.1) is 11.6 Å². The number of carbonyl (C=O) groups is 1. The summed E-state index contributed by atoms with van der Waals surface area (Å²) >= 11 is 6.98. The number of rotatable bonds is 5. The van der Waals surface area contributed by atoms with Crippen LogP contribution in [0.3, 0.4) is 0 Å². The normalized spacial score (nSPS) is 17.6. The van der Waals surface area contributed by atoms with Crippen molar-refractivity contribution in [1.82, 2.24) is 15.5 Å². The minimum atomic E-state index is -0.215. The van der Waals surface area contributed by atoms with E-state index in [0.29, 0.717) is 18.2 Å². The summed E-state index contributed by atoms with van der Waals surface area (Å²) in [7, 11) is 0. The maximum absolute atomic E-state index is 12.9.